The van der Waals surface area contributed by atoms with E-state index in [0.717, 1.165) is 0 Å². The normalized spacial score (nSPS) is 25.4. The minimum Gasteiger partial charge on any atom is -0.454 e. The number of benzene rings is 1. The fourth-order valence-corrected chi connectivity index (χ4v) is 3.36. The van der Waals surface area contributed by atoms with Gasteiger partial charge in [0.2, 0.25) is 0 Å². The van der Waals surface area contributed by atoms with Gasteiger partial charge in [-0.3, -0.25) is 14.3 Å². The van der Waals surface area contributed by atoms with E-state index in [2.05, 4.69) is 4.98 Å². The second kappa shape index (κ2) is 7.29. The van der Waals surface area contributed by atoms with Gasteiger partial charge in [-0.05, 0) is 18.1 Å². The zero-order valence-corrected chi connectivity index (χ0v) is 14.9. The number of hydrogen-bond acceptors (Lipinski definition) is 5. The molecular formula is C19H22N2O5. The summed E-state index contributed by atoms with van der Waals surface area (Å²) in [6.07, 6.45) is -0.273. The van der Waals surface area contributed by atoms with Crippen LogP contribution in [0.25, 0.3) is 0 Å². The predicted molar refractivity (Wildman–Crippen MR) is 94.9 cm³/mol. The molecule has 1 aliphatic rings. The summed E-state index contributed by atoms with van der Waals surface area (Å²) in [6, 6.07) is 9.91. The summed E-state index contributed by atoms with van der Waals surface area (Å²) < 4.78 is 13.0. The van der Waals surface area contributed by atoms with Crippen molar-refractivity contribution in [3.05, 3.63) is 69.0 Å². The quantitative estimate of drug-likeness (QED) is 0.844. The molecule has 0 aliphatic carbocycles. The van der Waals surface area contributed by atoms with E-state index in [1.807, 2.05) is 26.8 Å². The Balaban J connectivity index is 1.94. The molecule has 0 saturated carbocycles. The highest BCUT2D eigenvalue weighted by Gasteiger charge is 2.46. The van der Waals surface area contributed by atoms with E-state index >= 15 is 0 Å². The Morgan fingerprint density at radius 3 is 2.50 bits per heavy atom. The van der Waals surface area contributed by atoms with Crippen molar-refractivity contribution in [2.24, 2.45) is 11.8 Å². The zero-order chi connectivity index (χ0) is 18.8. The van der Waals surface area contributed by atoms with Gasteiger partial charge in [0, 0.05) is 18.2 Å². The van der Waals surface area contributed by atoms with E-state index in [-0.39, 0.29) is 17.9 Å². The van der Waals surface area contributed by atoms with E-state index in [9.17, 15) is 14.4 Å². The van der Waals surface area contributed by atoms with Gasteiger partial charge in [-0.2, -0.15) is 0 Å². The molecule has 2 heterocycles. The lowest BCUT2D eigenvalue weighted by molar-refractivity contribution is -0.0594. The van der Waals surface area contributed by atoms with Gasteiger partial charge in [-0.1, -0.05) is 39.0 Å². The predicted octanol–water partition coefficient (Wildman–Crippen LogP) is 1.95. The minimum absolute atomic E-state index is 0.119. The Morgan fingerprint density at radius 2 is 1.88 bits per heavy atom. The number of carbonyl (C=O) groups excluding carboxylic acids is 1. The molecule has 0 amide bonds. The average Bonchev–Trinajstić information content (AvgIpc) is 2.92. The smallest absolute Gasteiger partial charge is 0.338 e. The van der Waals surface area contributed by atoms with Crippen LogP contribution in [0.2, 0.25) is 0 Å². The summed E-state index contributed by atoms with van der Waals surface area (Å²) in [5.74, 6) is -0.421. The number of rotatable bonds is 4. The number of nitrogens with zero attached hydrogens (tertiary/aromatic N) is 1. The molecule has 0 radical (unpaired) electrons. The van der Waals surface area contributed by atoms with Crippen LogP contribution >= 0.6 is 0 Å². The van der Waals surface area contributed by atoms with Gasteiger partial charge in [-0.15, -0.1) is 0 Å². The molecule has 1 aromatic heterocycles. The van der Waals surface area contributed by atoms with Crippen molar-refractivity contribution in [1.82, 2.24) is 9.55 Å². The Labute approximate surface area is 150 Å². The van der Waals surface area contributed by atoms with E-state index in [4.69, 9.17) is 9.47 Å². The highest BCUT2D eigenvalue weighted by atomic mass is 16.6. The van der Waals surface area contributed by atoms with Crippen LogP contribution < -0.4 is 11.2 Å². The first-order chi connectivity index (χ1) is 12.4. The molecule has 3 rings (SSSR count). The highest BCUT2D eigenvalue weighted by Crippen LogP contribution is 2.38. The fraction of sp³-hybridized carbons (Fsp3) is 0.421. The number of H-pyrrole nitrogens is 1. The molecule has 1 fully saturated rings. The highest BCUT2D eigenvalue weighted by molar-refractivity contribution is 5.89. The third-order valence-electron chi connectivity index (χ3n) is 4.65. The molecule has 1 aliphatic heterocycles. The third-order valence-corrected chi connectivity index (χ3v) is 4.65. The molecule has 1 aromatic carbocycles. The van der Waals surface area contributed by atoms with Gasteiger partial charge in [-0.25, -0.2) is 9.59 Å². The standard InChI is InChI=1S/C19H22N2O5/c1-11(2)15-12(3)16(26-18(23)13-7-5-4-6-8-13)17(25-15)21-10-9-14(22)20-19(21)24/h4-12,15-17H,1-3H3,(H,20,22,24)/t12-,15-,16?,17-/m1/s1. The van der Waals surface area contributed by atoms with Gasteiger partial charge in [0.15, 0.2) is 12.3 Å². The number of esters is 1. The van der Waals surface area contributed by atoms with Crippen LogP contribution in [-0.4, -0.2) is 27.7 Å². The minimum atomic E-state index is -0.797. The number of ether oxygens (including phenoxy) is 2. The van der Waals surface area contributed by atoms with Crippen LogP contribution in [0.1, 0.15) is 37.4 Å². The van der Waals surface area contributed by atoms with Crippen molar-refractivity contribution < 1.29 is 14.3 Å². The summed E-state index contributed by atoms with van der Waals surface area (Å²) in [4.78, 5) is 38.3. The molecular weight excluding hydrogens is 336 g/mol. The van der Waals surface area contributed by atoms with E-state index in [1.54, 1.807) is 24.3 Å². The molecule has 1 unspecified atom stereocenters. The van der Waals surface area contributed by atoms with Crippen LogP contribution in [0.4, 0.5) is 0 Å². The van der Waals surface area contributed by atoms with Gasteiger partial charge in [0.1, 0.15) is 0 Å². The lowest BCUT2D eigenvalue weighted by atomic mass is 9.92. The second-order valence-corrected chi connectivity index (χ2v) is 6.85. The number of hydrogen-bond donors (Lipinski definition) is 1. The maximum Gasteiger partial charge on any atom is 0.338 e. The van der Waals surface area contributed by atoms with Crippen LogP contribution in [0.15, 0.2) is 52.2 Å². The van der Waals surface area contributed by atoms with Gasteiger partial charge in [0.25, 0.3) is 5.56 Å². The number of aromatic amines is 1. The van der Waals surface area contributed by atoms with Crippen LogP contribution in [0.5, 0.6) is 0 Å². The Hall–Kier alpha value is -2.67. The molecule has 0 spiro atoms. The van der Waals surface area contributed by atoms with Gasteiger partial charge >= 0.3 is 11.7 Å². The Morgan fingerprint density at radius 1 is 1.19 bits per heavy atom. The van der Waals surface area contributed by atoms with Gasteiger partial charge in [0.05, 0.1) is 11.7 Å². The summed E-state index contributed by atoms with van der Waals surface area (Å²) in [5, 5.41) is 0. The number of nitrogens with one attached hydrogen (secondary N) is 1. The molecule has 138 valence electrons. The molecule has 1 saturated heterocycles. The van der Waals surface area contributed by atoms with Crippen molar-refractivity contribution in [2.45, 2.75) is 39.2 Å². The van der Waals surface area contributed by atoms with Crippen molar-refractivity contribution in [1.29, 1.82) is 0 Å². The second-order valence-electron chi connectivity index (χ2n) is 6.85. The van der Waals surface area contributed by atoms with Crippen molar-refractivity contribution in [2.75, 3.05) is 0 Å². The first-order valence-electron chi connectivity index (χ1n) is 8.61. The fourth-order valence-electron chi connectivity index (χ4n) is 3.36. The Bertz CT molecular complexity index is 887. The zero-order valence-electron chi connectivity index (χ0n) is 14.9. The lowest BCUT2D eigenvalue weighted by Gasteiger charge is -2.23. The summed E-state index contributed by atoms with van der Waals surface area (Å²) >= 11 is 0. The number of carbonyl (C=O) groups is 1. The molecule has 4 atom stereocenters. The topological polar surface area (TPSA) is 90.4 Å². The molecule has 7 nitrogen and oxygen atoms in total. The van der Waals surface area contributed by atoms with Crippen LogP contribution in [-0.2, 0) is 9.47 Å². The van der Waals surface area contributed by atoms with Gasteiger partial charge < -0.3 is 9.47 Å². The molecule has 26 heavy (non-hydrogen) atoms. The summed E-state index contributed by atoms with van der Waals surface area (Å²) in [7, 11) is 0. The van der Waals surface area contributed by atoms with Crippen LogP contribution in [0.3, 0.4) is 0 Å². The third kappa shape index (κ3) is 3.48. The summed E-state index contributed by atoms with van der Waals surface area (Å²) in [5.41, 5.74) is -0.657. The largest absolute Gasteiger partial charge is 0.454 e. The lowest BCUT2D eigenvalue weighted by Crippen LogP contribution is -2.37. The van der Waals surface area contributed by atoms with E-state index < -0.39 is 29.6 Å². The van der Waals surface area contributed by atoms with Crippen molar-refractivity contribution >= 4 is 5.97 Å². The molecule has 0 bridgehead atoms. The SMILES string of the molecule is CC(C)[C@H]1O[C@@H](n2ccc(=O)[nH]c2=O)C(OC(=O)c2ccccc2)[C@@H]1C. The van der Waals surface area contributed by atoms with E-state index in [0.29, 0.717) is 5.56 Å². The van der Waals surface area contributed by atoms with Crippen molar-refractivity contribution in [3.63, 3.8) is 0 Å². The maximum atomic E-state index is 12.5. The van der Waals surface area contributed by atoms with Crippen molar-refractivity contribution in [3.8, 4) is 0 Å². The number of aromatic nitrogens is 2. The van der Waals surface area contributed by atoms with Crippen LogP contribution in [0, 0.1) is 11.8 Å². The Kier molecular flexibility index (Phi) is 5.08. The molecule has 2 aromatic rings. The molecule has 7 heteroatoms. The first-order valence-corrected chi connectivity index (χ1v) is 8.61. The molecule has 1 N–H and O–H groups in total. The average molecular weight is 358 g/mol. The maximum absolute atomic E-state index is 12.5. The monoisotopic (exact) mass is 358 g/mol. The van der Waals surface area contributed by atoms with E-state index in [1.165, 1.54) is 16.8 Å². The summed E-state index contributed by atoms with van der Waals surface area (Å²) in [6.45, 7) is 5.95. The first kappa shape index (κ1) is 18.1.